The summed E-state index contributed by atoms with van der Waals surface area (Å²) in [5, 5.41) is 36.4. The summed E-state index contributed by atoms with van der Waals surface area (Å²) >= 11 is 0. The average Bonchev–Trinajstić information content (AvgIpc) is 2.43. The van der Waals surface area contributed by atoms with Crippen molar-refractivity contribution in [1.82, 2.24) is 0 Å². The van der Waals surface area contributed by atoms with Crippen LogP contribution in [0, 0.1) is 0 Å². The Morgan fingerprint density at radius 3 is 2.31 bits per heavy atom. The number of aliphatic hydroxyl groups is 4. The normalized spacial score (nSPS) is 37.6. The predicted octanol–water partition coefficient (Wildman–Crippen LogP) is -3.10. The van der Waals surface area contributed by atoms with Crippen LogP contribution in [0.4, 0.5) is 0 Å². The Bertz CT molecular complexity index is 277. The number of phosphoric ester groups is 1. The van der Waals surface area contributed by atoms with Crippen LogP contribution in [0.1, 0.15) is 0 Å². The van der Waals surface area contributed by atoms with Crippen molar-refractivity contribution in [3.8, 4) is 0 Å². The summed E-state index contributed by atoms with van der Waals surface area (Å²) in [4.78, 5) is 16.9. The lowest BCUT2D eigenvalue weighted by molar-refractivity contribution is -0.144. The lowest BCUT2D eigenvalue weighted by Crippen LogP contribution is -2.40. The molecule has 0 aliphatic carbocycles. The van der Waals surface area contributed by atoms with E-state index in [0.717, 1.165) is 0 Å². The quantitative estimate of drug-likeness (QED) is 0.288. The van der Waals surface area contributed by atoms with Crippen molar-refractivity contribution in [3.63, 3.8) is 0 Å². The zero-order valence-electron chi connectivity index (χ0n) is 7.95. The molecule has 1 aliphatic heterocycles. The molecule has 0 amide bonds. The van der Waals surface area contributed by atoms with Gasteiger partial charge in [0.1, 0.15) is 24.4 Å². The molecule has 0 radical (unpaired) electrons. The van der Waals surface area contributed by atoms with Gasteiger partial charge in [0, 0.05) is 0 Å². The molecule has 9 nitrogen and oxygen atoms in total. The summed E-state index contributed by atoms with van der Waals surface area (Å²) in [6.07, 6.45) is -7.97. The Hall–Kier alpha value is -0.0900. The van der Waals surface area contributed by atoms with Gasteiger partial charge >= 0.3 is 7.82 Å². The zero-order chi connectivity index (χ0) is 12.5. The van der Waals surface area contributed by atoms with Gasteiger partial charge in [0.2, 0.25) is 0 Å². The smallest absolute Gasteiger partial charge is 0.394 e. The minimum atomic E-state index is -4.88. The minimum Gasteiger partial charge on any atom is -0.394 e. The Morgan fingerprint density at radius 2 is 1.88 bits per heavy atom. The van der Waals surface area contributed by atoms with Crippen molar-refractivity contribution in [1.29, 1.82) is 0 Å². The van der Waals surface area contributed by atoms with Crippen LogP contribution in [-0.4, -0.2) is 67.5 Å². The second-order valence-corrected chi connectivity index (χ2v) is 4.49. The second kappa shape index (κ2) is 5.05. The summed E-state index contributed by atoms with van der Waals surface area (Å²) in [5.74, 6) is 0. The number of aliphatic hydroxyl groups excluding tert-OH is 4. The summed E-state index contributed by atoms with van der Waals surface area (Å²) in [5.41, 5.74) is 0. The minimum absolute atomic E-state index is 0.739. The molecule has 0 aromatic heterocycles. The maximum atomic E-state index is 10.5. The number of ether oxygens (including phenoxy) is 1. The van der Waals surface area contributed by atoms with Gasteiger partial charge in [0.25, 0.3) is 0 Å². The van der Waals surface area contributed by atoms with Crippen molar-refractivity contribution < 1.29 is 44.0 Å². The van der Waals surface area contributed by atoms with Crippen LogP contribution in [-0.2, 0) is 13.8 Å². The topological polar surface area (TPSA) is 157 Å². The Balaban J connectivity index is 2.68. The van der Waals surface area contributed by atoms with Gasteiger partial charge in [-0.1, -0.05) is 0 Å². The van der Waals surface area contributed by atoms with Crippen molar-refractivity contribution in [2.45, 2.75) is 30.7 Å². The van der Waals surface area contributed by atoms with Gasteiger partial charge < -0.3 is 34.9 Å². The highest BCUT2D eigenvalue weighted by Gasteiger charge is 2.48. The molecule has 0 unspecified atom stereocenters. The first-order valence-electron chi connectivity index (χ1n) is 4.30. The van der Waals surface area contributed by atoms with Crippen molar-refractivity contribution in [3.05, 3.63) is 0 Å². The molecule has 5 atom stereocenters. The van der Waals surface area contributed by atoms with Gasteiger partial charge in [-0.2, -0.15) is 0 Å². The van der Waals surface area contributed by atoms with E-state index < -0.39 is 45.1 Å². The molecule has 10 heteroatoms. The predicted molar refractivity (Wildman–Crippen MR) is 46.9 cm³/mol. The van der Waals surface area contributed by atoms with Gasteiger partial charge in [0.15, 0.2) is 6.29 Å². The van der Waals surface area contributed by atoms with E-state index in [9.17, 15) is 14.8 Å². The molecule has 0 aromatic carbocycles. The maximum absolute atomic E-state index is 10.5. The molecule has 1 fully saturated rings. The number of rotatable bonds is 4. The van der Waals surface area contributed by atoms with Gasteiger partial charge in [-0.15, -0.1) is 0 Å². The van der Waals surface area contributed by atoms with E-state index in [1.165, 1.54) is 0 Å². The zero-order valence-corrected chi connectivity index (χ0v) is 8.84. The van der Waals surface area contributed by atoms with Gasteiger partial charge in [-0.25, -0.2) is 4.57 Å². The van der Waals surface area contributed by atoms with E-state index in [2.05, 4.69) is 4.52 Å². The molecule has 6 N–H and O–H groups in total. The first-order chi connectivity index (χ1) is 7.26. The first-order valence-corrected chi connectivity index (χ1v) is 5.83. The van der Waals surface area contributed by atoms with Crippen LogP contribution >= 0.6 is 7.82 Å². The average molecular weight is 260 g/mol. The van der Waals surface area contributed by atoms with Crippen LogP contribution in [0.2, 0.25) is 0 Å². The third-order valence-electron chi connectivity index (χ3n) is 2.06. The van der Waals surface area contributed by atoms with E-state index in [-0.39, 0.29) is 0 Å². The van der Waals surface area contributed by atoms with Gasteiger partial charge in [-0.3, -0.25) is 4.52 Å². The van der Waals surface area contributed by atoms with E-state index >= 15 is 0 Å². The second-order valence-electron chi connectivity index (χ2n) is 3.30. The lowest BCUT2D eigenvalue weighted by atomic mass is 10.1. The number of hydrogen-bond acceptors (Lipinski definition) is 7. The van der Waals surface area contributed by atoms with Crippen LogP contribution in [0.15, 0.2) is 0 Å². The van der Waals surface area contributed by atoms with E-state index in [4.69, 9.17) is 24.7 Å². The highest BCUT2D eigenvalue weighted by molar-refractivity contribution is 7.46. The third kappa shape index (κ3) is 3.20. The Kier molecular flexibility index (Phi) is 4.41. The largest absolute Gasteiger partial charge is 0.472 e. The standard InChI is InChI=1S/C6H13O9P/c7-1-2(8)5-3(9)4(10)6(14-5)15-16(11,12)13/h2-10H,1H2,(H2,11,12,13)/t2-,3-,4-,5+,6+/m1/s1. The fourth-order valence-electron chi connectivity index (χ4n) is 1.32. The van der Waals surface area contributed by atoms with Crippen LogP contribution < -0.4 is 0 Å². The molecular weight excluding hydrogens is 247 g/mol. The monoisotopic (exact) mass is 260 g/mol. The number of hydrogen-bond donors (Lipinski definition) is 6. The van der Waals surface area contributed by atoms with Crippen molar-refractivity contribution in [2.24, 2.45) is 0 Å². The van der Waals surface area contributed by atoms with E-state index in [1.807, 2.05) is 0 Å². The first kappa shape index (κ1) is 14.0. The summed E-state index contributed by atoms with van der Waals surface area (Å²) in [7, 11) is -4.88. The van der Waals surface area contributed by atoms with Crippen LogP contribution in [0.5, 0.6) is 0 Å². The molecule has 1 heterocycles. The fraction of sp³-hybridized carbons (Fsp3) is 1.00. The third-order valence-corrected chi connectivity index (χ3v) is 2.55. The highest BCUT2D eigenvalue weighted by atomic mass is 31.2. The summed E-state index contributed by atoms with van der Waals surface area (Å²) in [6, 6.07) is 0. The molecule has 1 rings (SSSR count). The molecule has 0 spiro atoms. The van der Waals surface area contributed by atoms with Crippen molar-refractivity contribution >= 4 is 7.82 Å². The van der Waals surface area contributed by atoms with E-state index in [1.54, 1.807) is 0 Å². The molecule has 96 valence electrons. The van der Waals surface area contributed by atoms with E-state index in [0.29, 0.717) is 0 Å². The van der Waals surface area contributed by atoms with Crippen LogP contribution in [0.3, 0.4) is 0 Å². The van der Waals surface area contributed by atoms with Gasteiger partial charge in [0.05, 0.1) is 6.61 Å². The molecular formula is C6H13O9P. The highest BCUT2D eigenvalue weighted by Crippen LogP contribution is 2.41. The Morgan fingerprint density at radius 1 is 1.31 bits per heavy atom. The van der Waals surface area contributed by atoms with Crippen molar-refractivity contribution in [2.75, 3.05) is 6.61 Å². The van der Waals surface area contributed by atoms with Gasteiger partial charge in [-0.05, 0) is 0 Å². The van der Waals surface area contributed by atoms with Crippen LogP contribution in [0.25, 0.3) is 0 Å². The molecule has 0 saturated carbocycles. The molecule has 1 aliphatic rings. The summed E-state index contributed by atoms with van der Waals surface area (Å²) < 4.78 is 19.2. The molecule has 1 saturated heterocycles. The maximum Gasteiger partial charge on any atom is 0.472 e. The summed E-state index contributed by atoms with van der Waals surface area (Å²) in [6.45, 7) is -0.739. The SMILES string of the molecule is O=P(O)(O)O[C@@H]1O[C@@H]([C@H](O)CO)[C@H](O)[C@H]1O. The molecule has 0 bridgehead atoms. The molecule has 0 aromatic rings. The molecule has 16 heavy (non-hydrogen) atoms. The number of phosphoric acid groups is 1. The fourth-order valence-corrected chi connectivity index (χ4v) is 1.76. The lowest BCUT2D eigenvalue weighted by Gasteiger charge is -2.18. The Labute approximate surface area is 90.1 Å².